The predicted octanol–water partition coefficient (Wildman–Crippen LogP) is 3.42. The molecule has 0 heterocycles. The van der Waals surface area contributed by atoms with Crippen LogP contribution in [-0.2, 0) is 0 Å². The second-order valence-electron chi connectivity index (χ2n) is 2.83. The van der Waals surface area contributed by atoms with Gasteiger partial charge >= 0.3 is 0 Å². The van der Waals surface area contributed by atoms with E-state index >= 15 is 0 Å². The number of hydrogen-bond donors (Lipinski definition) is 0. The van der Waals surface area contributed by atoms with Gasteiger partial charge in [-0.2, -0.15) is 0 Å². The molecule has 0 aromatic heterocycles. The van der Waals surface area contributed by atoms with Crippen molar-refractivity contribution in [2.24, 2.45) is 0 Å². The van der Waals surface area contributed by atoms with Gasteiger partial charge in [0.1, 0.15) is 0 Å². The lowest BCUT2D eigenvalue weighted by Crippen LogP contribution is -2.28. The zero-order valence-corrected chi connectivity index (χ0v) is 8.48. The fourth-order valence-corrected chi connectivity index (χ4v) is 4.06. The van der Waals surface area contributed by atoms with Crippen LogP contribution in [0.2, 0.25) is 18.1 Å². The maximum atomic E-state index is 3.77. The summed E-state index contributed by atoms with van der Waals surface area (Å²) < 4.78 is 0. The third-order valence-electron chi connectivity index (χ3n) is 2.58. The molecule has 0 aliphatic carbocycles. The quantitative estimate of drug-likeness (QED) is 0.546. The van der Waals surface area contributed by atoms with Crippen LogP contribution >= 0.6 is 0 Å². The summed E-state index contributed by atoms with van der Waals surface area (Å²) in [6, 6.07) is 4.10. The standard InChI is InChI=1S/C9H19Si/c1-5-9-10(6-2,7-3)8-4/h5,9H,1,6-8H2,2-4H3/b9-5+. The average Bonchev–Trinajstić information content (AvgIpc) is 2.01. The van der Waals surface area contributed by atoms with E-state index in [0.717, 1.165) is 0 Å². The van der Waals surface area contributed by atoms with Gasteiger partial charge in [-0.15, -0.1) is 0 Å². The normalized spacial score (nSPS) is 12.8. The Hall–Kier alpha value is -0.0431. The Balaban J connectivity index is 4.15. The van der Waals surface area contributed by atoms with Crippen LogP contribution in [0.1, 0.15) is 20.8 Å². The van der Waals surface area contributed by atoms with E-state index in [1.165, 1.54) is 18.1 Å². The van der Waals surface area contributed by atoms with Crippen LogP contribution in [0.3, 0.4) is 0 Å². The molecule has 0 fully saturated rings. The summed E-state index contributed by atoms with van der Waals surface area (Å²) in [5, 5.41) is 0. The van der Waals surface area contributed by atoms with Crippen LogP contribution in [0.4, 0.5) is 0 Å². The van der Waals surface area contributed by atoms with Gasteiger partial charge in [0, 0.05) is 0 Å². The van der Waals surface area contributed by atoms with Crippen molar-refractivity contribution < 1.29 is 0 Å². The van der Waals surface area contributed by atoms with Gasteiger partial charge in [-0.3, -0.25) is 0 Å². The van der Waals surface area contributed by atoms with Crippen LogP contribution in [0.15, 0.2) is 11.8 Å². The van der Waals surface area contributed by atoms with Crippen molar-refractivity contribution in [3.63, 3.8) is 0 Å². The van der Waals surface area contributed by atoms with Gasteiger partial charge in [-0.05, 0) is 6.92 Å². The highest BCUT2D eigenvalue weighted by Gasteiger charge is 2.21. The molecule has 0 nitrogen and oxygen atoms in total. The SMILES string of the molecule is [CH2]/C=C/[Si](CC)(CC)CC. The van der Waals surface area contributed by atoms with Crippen LogP contribution in [0.5, 0.6) is 0 Å². The van der Waals surface area contributed by atoms with Gasteiger partial charge in [0.05, 0.1) is 8.07 Å². The van der Waals surface area contributed by atoms with Gasteiger partial charge in [-0.1, -0.05) is 50.7 Å². The van der Waals surface area contributed by atoms with Gasteiger partial charge in [0.25, 0.3) is 0 Å². The number of rotatable bonds is 4. The highest BCUT2D eigenvalue weighted by atomic mass is 28.3. The molecule has 0 spiro atoms. The topological polar surface area (TPSA) is 0 Å². The molecule has 59 valence electrons. The molecule has 0 N–H and O–H groups in total. The average molecular weight is 155 g/mol. The van der Waals surface area contributed by atoms with E-state index in [9.17, 15) is 0 Å². The fraction of sp³-hybridized carbons (Fsp3) is 0.667. The summed E-state index contributed by atoms with van der Waals surface area (Å²) in [6.45, 7) is 10.7. The second kappa shape index (κ2) is 4.72. The number of hydrogen-bond acceptors (Lipinski definition) is 0. The van der Waals surface area contributed by atoms with E-state index in [2.05, 4.69) is 33.4 Å². The molecule has 0 saturated heterocycles. The fourth-order valence-electron chi connectivity index (χ4n) is 1.35. The van der Waals surface area contributed by atoms with E-state index in [0.29, 0.717) is 0 Å². The Kier molecular flexibility index (Phi) is 4.70. The Morgan fingerprint density at radius 1 is 1.10 bits per heavy atom. The zero-order valence-electron chi connectivity index (χ0n) is 7.48. The molecule has 0 atom stereocenters. The third kappa shape index (κ3) is 2.29. The second-order valence-corrected chi connectivity index (χ2v) is 8.00. The maximum absolute atomic E-state index is 3.77. The predicted molar refractivity (Wildman–Crippen MR) is 51.7 cm³/mol. The Labute approximate surface area is 66.4 Å². The van der Waals surface area contributed by atoms with Gasteiger partial charge < -0.3 is 0 Å². The first-order valence-electron chi connectivity index (χ1n) is 4.21. The molecule has 0 aromatic carbocycles. The van der Waals surface area contributed by atoms with E-state index in [1.807, 2.05) is 6.08 Å². The van der Waals surface area contributed by atoms with Crippen LogP contribution in [0.25, 0.3) is 0 Å². The van der Waals surface area contributed by atoms with Crippen molar-refractivity contribution in [2.75, 3.05) is 0 Å². The van der Waals surface area contributed by atoms with E-state index in [1.54, 1.807) is 0 Å². The van der Waals surface area contributed by atoms with Crippen molar-refractivity contribution >= 4 is 8.07 Å². The molecule has 1 heteroatoms. The van der Waals surface area contributed by atoms with Gasteiger partial charge in [0.2, 0.25) is 0 Å². The van der Waals surface area contributed by atoms with Crippen molar-refractivity contribution in [3.05, 3.63) is 18.7 Å². The van der Waals surface area contributed by atoms with Crippen molar-refractivity contribution in [2.45, 2.75) is 38.9 Å². The van der Waals surface area contributed by atoms with E-state index in [-0.39, 0.29) is 0 Å². The zero-order chi connectivity index (χ0) is 8.04. The number of allylic oxidation sites excluding steroid dienone is 1. The summed E-state index contributed by atoms with van der Waals surface area (Å²) in [6.07, 6.45) is 1.99. The maximum Gasteiger partial charge on any atom is 0.0766 e. The molecule has 0 amide bonds. The monoisotopic (exact) mass is 155 g/mol. The molecule has 1 radical (unpaired) electrons. The summed E-state index contributed by atoms with van der Waals surface area (Å²) in [5.74, 6) is 0. The molecule has 0 bridgehead atoms. The molecule has 0 aliphatic heterocycles. The first kappa shape index (κ1) is 9.96. The smallest absolute Gasteiger partial charge is 0.0766 e. The van der Waals surface area contributed by atoms with Gasteiger partial charge in [0.15, 0.2) is 0 Å². The molecular weight excluding hydrogens is 136 g/mol. The summed E-state index contributed by atoms with van der Waals surface area (Å²) in [5.41, 5.74) is 2.38. The first-order valence-corrected chi connectivity index (χ1v) is 6.91. The van der Waals surface area contributed by atoms with Crippen LogP contribution in [-0.4, -0.2) is 8.07 Å². The lowest BCUT2D eigenvalue weighted by molar-refractivity contribution is 1.19. The Morgan fingerprint density at radius 3 is 1.60 bits per heavy atom. The minimum atomic E-state index is -0.960. The minimum Gasteiger partial charge on any atom is -0.0981 e. The summed E-state index contributed by atoms with van der Waals surface area (Å²) in [4.78, 5) is 0. The van der Waals surface area contributed by atoms with Crippen LogP contribution in [0, 0.1) is 6.92 Å². The Morgan fingerprint density at radius 2 is 1.50 bits per heavy atom. The van der Waals surface area contributed by atoms with E-state index < -0.39 is 8.07 Å². The Bertz CT molecular complexity index is 93.0. The van der Waals surface area contributed by atoms with Crippen molar-refractivity contribution in [3.8, 4) is 0 Å². The lowest BCUT2D eigenvalue weighted by Gasteiger charge is -2.23. The molecule has 0 unspecified atom stereocenters. The third-order valence-corrected chi connectivity index (χ3v) is 7.75. The lowest BCUT2D eigenvalue weighted by atomic mass is 10.8. The minimum absolute atomic E-state index is 0.960. The molecule has 10 heavy (non-hydrogen) atoms. The highest BCUT2D eigenvalue weighted by molar-refractivity contribution is 6.84. The summed E-state index contributed by atoms with van der Waals surface area (Å²) in [7, 11) is -0.960. The molecule has 0 saturated carbocycles. The molecular formula is C9H19Si. The molecule has 0 rings (SSSR count). The summed E-state index contributed by atoms with van der Waals surface area (Å²) >= 11 is 0. The molecule has 0 aliphatic rings. The highest BCUT2D eigenvalue weighted by Crippen LogP contribution is 2.20. The van der Waals surface area contributed by atoms with Gasteiger partial charge in [-0.25, -0.2) is 0 Å². The van der Waals surface area contributed by atoms with Crippen LogP contribution < -0.4 is 0 Å². The van der Waals surface area contributed by atoms with Crippen molar-refractivity contribution in [1.82, 2.24) is 0 Å². The van der Waals surface area contributed by atoms with E-state index in [4.69, 9.17) is 0 Å². The van der Waals surface area contributed by atoms with Crippen molar-refractivity contribution in [1.29, 1.82) is 0 Å². The first-order chi connectivity index (χ1) is 4.74. The molecule has 0 aromatic rings. The largest absolute Gasteiger partial charge is 0.0981 e.